The van der Waals surface area contributed by atoms with Crippen LogP contribution in [0.1, 0.15) is 5.56 Å². The van der Waals surface area contributed by atoms with Gasteiger partial charge in [0.2, 0.25) is 0 Å². The van der Waals surface area contributed by atoms with Crippen molar-refractivity contribution in [3.05, 3.63) is 79.9 Å². The predicted molar refractivity (Wildman–Crippen MR) is 88.8 cm³/mol. The van der Waals surface area contributed by atoms with Crippen LogP contribution in [0.4, 0.5) is 0 Å². The molecule has 0 aliphatic carbocycles. The molecule has 0 radical (unpaired) electrons. The van der Waals surface area contributed by atoms with Crippen LogP contribution in [0.5, 0.6) is 0 Å². The molecule has 0 aliphatic rings. The van der Waals surface area contributed by atoms with Crippen LogP contribution in [-0.4, -0.2) is 14.3 Å². The van der Waals surface area contributed by atoms with E-state index in [9.17, 15) is 4.79 Å². The molecular formula is C15H11Br2N3O. The summed E-state index contributed by atoms with van der Waals surface area (Å²) in [6.45, 7) is 0.476. The van der Waals surface area contributed by atoms with Crippen LogP contribution >= 0.6 is 31.9 Å². The molecule has 21 heavy (non-hydrogen) atoms. The van der Waals surface area contributed by atoms with Gasteiger partial charge in [0.1, 0.15) is 0 Å². The normalized spacial score (nSPS) is 10.8. The van der Waals surface area contributed by atoms with Crippen molar-refractivity contribution in [3.8, 4) is 5.69 Å². The number of hydrogen-bond donors (Lipinski definition) is 0. The molecule has 2 heterocycles. The summed E-state index contributed by atoms with van der Waals surface area (Å²) in [6, 6.07) is 11.6. The summed E-state index contributed by atoms with van der Waals surface area (Å²) in [6.07, 6.45) is 5.47. The average molecular weight is 409 g/mol. The van der Waals surface area contributed by atoms with E-state index in [0.717, 1.165) is 15.7 Å². The zero-order valence-corrected chi connectivity index (χ0v) is 14.1. The molecule has 0 bridgehead atoms. The second kappa shape index (κ2) is 5.99. The van der Waals surface area contributed by atoms with Crippen LogP contribution in [0.2, 0.25) is 0 Å². The maximum atomic E-state index is 12.1. The Morgan fingerprint density at radius 1 is 1.10 bits per heavy atom. The molecule has 0 saturated carbocycles. The van der Waals surface area contributed by atoms with Crippen LogP contribution in [0.3, 0.4) is 0 Å². The van der Waals surface area contributed by atoms with Gasteiger partial charge in [0.25, 0.3) is 5.56 Å². The summed E-state index contributed by atoms with van der Waals surface area (Å²) < 4.78 is 4.82. The van der Waals surface area contributed by atoms with Gasteiger partial charge in [-0.05, 0) is 50.1 Å². The van der Waals surface area contributed by atoms with Crippen molar-refractivity contribution in [1.82, 2.24) is 14.3 Å². The van der Waals surface area contributed by atoms with E-state index in [-0.39, 0.29) is 5.56 Å². The maximum Gasteiger partial charge on any atom is 0.265 e. The largest absolute Gasteiger partial charge is 0.309 e. The first-order valence-electron chi connectivity index (χ1n) is 6.28. The van der Waals surface area contributed by atoms with Crippen LogP contribution in [0.15, 0.2) is 68.7 Å². The fraction of sp³-hybridized carbons (Fsp3) is 0.0667. The Morgan fingerprint density at radius 3 is 2.62 bits per heavy atom. The van der Waals surface area contributed by atoms with Gasteiger partial charge in [-0.1, -0.05) is 18.2 Å². The molecule has 0 fully saturated rings. The van der Waals surface area contributed by atoms with Crippen LogP contribution in [-0.2, 0) is 6.54 Å². The number of pyridine rings is 1. The summed E-state index contributed by atoms with van der Waals surface area (Å²) >= 11 is 6.66. The summed E-state index contributed by atoms with van der Waals surface area (Å²) in [7, 11) is 0. The molecule has 0 amide bonds. The highest BCUT2D eigenvalue weighted by molar-refractivity contribution is 9.11. The van der Waals surface area contributed by atoms with Gasteiger partial charge in [0.05, 0.1) is 22.9 Å². The van der Waals surface area contributed by atoms with Crippen molar-refractivity contribution < 1.29 is 0 Å². The molecule has 0 N–H and O–H groups in total. The van der Waals surface area contributed by atoms with Gasteiger partial charge in [-0.25, -0.2) is 4.68 Å². The van der Waals surface area contributed by atoms with Gasteiger partial charge in [0, 0.05) is 22.4 Å². The molecule has 1 aromatic carbocycles. The topological polar surface area (TPSA) is 39.8 Å². The first-order chi connectivity index (χ1) is 10.1. The monoisotopic (exact) mass is 407 g/mol. The quantitative estimate of drug-likeness (QED) is 0.664. The van der Waals surface area contributed by atoms with Gasteiger partial charge in [-0.2, -0.15) is 5.10 Å². The number of halogens is 2. The first kappa shape index (κ1) is 14.3. The van der Waals surface area contributed by atoms with Gasteiger partial charge in [-0.15, -0.1) is 0 Å². The Kier molecular flexibility index (Phi) is 4.07. The second-order valence-corrected chi connectivity index (χ2v) is 6.34. The van der Waals surface area contributed by atoms with Crippen molar-refractivity contribution in [2.75, 3.05) is 0 Å². The smallest absolute Gasteiger partial charge is 0.265 e. The van der Waals surface area contributed by atoms with Gasteiger partial charge < -0.3 is 4.57 Å². The van der Waals surface area contributed by atoms with Gasteiger partial charge in [-0.3, -0.25) is 4.79 Å². The van der Waals surface area contributed by atoms with E-state index in [0.29, 0.717) is 11.0 Å². The summed E-state index contributed by atoms with van der Waals surface area (Å²) in [4.78, 5) is 12.1. The van der Waals surface area contributed by atoms with E-state index < -0.39 is 0 Å². The lowest BCUT2D eigenvalue weighted by Gasteiger charge is -2.05. The highest BCUT2D eigenvalue weighted by Crippen LogP contribution is 2.14. The minimum absolute atomic E-state index is 0.0642. The van der Waals surface area contributed by atoms with Crippen LogP contribution in [0, 0.1) is 0 Å². The number of rotatable bonds is 3. The molecule has 0 saturated heterocycles. The van der Waals surface area contributed by atoms with E-state index in [4.69, 9.17) is 0 Å². The summed E-state index contributed by atoms with van der Waals surface area (Å²) in [5.41, 5.74) is 1.89. The van der Waals surface area contributed by atoms with Crippen molar-refractivity contribution in [3.63, 3.8) is 0 Å². The number of benzene rings is 1. The zero-order valence-electron chi connectivity index (χ0n) is 10.9. The average Bonchev–Trinajstić information content (AvgIpc) is 2.94. The van der Waals surface area contributed by atoms with Gasteiger partial charge >= 0.3 is 0 Å². The Bertz CT molecular complexity index is 824. The number of para-hydroxylation sites is 1. The maximum absolute atomic E-state index is 12.1. The highest BCUT2D eigenvalue weighted by Gasteiger charge is 2.06. The van der Waals surface area contributed by atoms with Crippen LogP contribution < -0.4 is 5.56 Å². The molecule has 6 heteroatoms. The second-order valence-electron chi connectivity index (χ2n) is 4.57. The fourth-order valence-electron chi connectivity index (χ4n) is 2.04. The molecule has 0 aliphatic heterocycles. The highest BCUT2D eigenvalue weighted by atomic mass is 79.9. The fourth-order valence-corrected chi connectivity index (χ4v) is 3.30. The molecule has 0 spiro atoms. The first-order valence-corrected chi connectivity index (χ1v) is 7.86. The van der Waals surface area contributed by atoms with Crippen molar-refractivity contribution >= 4 is 31.9 Å². The van der Waals surface area contributed by atoms with Crippen molar-refractivity contribution in [1.29, 1.82) is 0 Å². The molecule has 2 aromatic heterocycles. The third kappa shape index (κ3) is 3.16. The van der Waals surface area contributed by atoms with E-state index in [1.807, 2.05) is 36.5 Å². The molecule has 0 unspecified atom stereocenters. The molecule has 0 atom stereocenters. The number of hydrogen-bond acceptors (Lipinski definition) is 2. The zero-order chi connectivity index (χ0) is 14.8. The predicted octanol–water partition coefficient (Wildman–Crippen LogP) is 3.61. The lowest BCUT2D eigenvalue weighted by atomic mass is 10.3. The van der Waals surface area contributed by atoms with E-state index in [1.54, 1.807) is 27.7 Å². The number of nitrogens with zero attached hydrogens (tertiary/aromatic N) is 3. The number of aromatic nitrogens is 3. The molecule has 4 nitrogen and oxygen atoms in total. The standard InChI is InChI=1S/C15H11Br2N3O/c16-12-6-14(17)15(21)19(10-12)8-11-7-18-20(9-11)13-4-2-1-3-5-13/h1-7,9-10H,8H2. The molecular weight excluding hydrogens is 398 g/mol. The Labute approximate surface area is 138 Å². The molecule has 3 rings (SSSR count). The minimum atomic E-state index is -0.0642. The SMILES string of the molecule is O=c1c(Br)cc(Br)cn1Cc1cnn(-c2ccccc2)c1. The molecule has 106 valence electrons. The van der Waals surface area contributed by atoms with Crippen molar-refractivity contribution in [2.24, 2.45) is 0 Å². The molecule has 3 aromatic rings. The minimum Gasteiger partial charge on any atom is -0.309 e. The van der Waals surface area contributed by atoms with E-state index >= 15 is 0 Å². The lowest BCUT2D eigenvalue weighted by molar-refractivity contribution is 0.751. The Hall–Kier alpha value is -1.66. The third-order valence-corrected chi connectivity index (χ3v) is 4.02. The van der Waals surface area contributed by atoms with Gasteiger partial charge in [0.15, 0.2) is 0 Å². The summed E-state index contributed by atoms with van der Waals surface area (Å²) in [5, 5.41) is 4.33. The van der Waals surface area contributed by atoms with E-state index in [1.165, 1.54) is 0 Å². The Balaban J connectivity index is 1.90. The Morgan fingerprint density at radius 2 is 1.86 bits per heavy atom. The van der Waals surface area contributed by atoms with E-state index in [2.05, 4.69) is 37.0 Å². The van der Waals surface area contributed by atoms with Crippen LogP contribution in [0.25, 0.3) is 5.69 Å². The summed E-state index contributed by atoms with van der Waals surface area (Å²) in [5.74, 6) is 0. The lowest BCUT2D eigenvalue weighted by Crippen LogP contribution is -2.20. The third-order valence-electron chi connectivity index (χ3n) is 3.02. The van der Waals surface area contributed by atoms with Crippen molar-refractivity contribution in [2.45, 2.75) is 6.54 Å².